The molecule has 0 N–H and O–H groups in total. The van der Waals surface area contributed by atoms with E-state index in [1.54, 1.807) is 18.3 Å². The molecule has 2 nitrogen and oxygen atoms in total. The molecule has 0 spiro atoms. The number of hydrogen-bond acceptors (Lipinski definition) is 1. The van der Waals surface area contributed by atoms with Crippen LogP contribution in [0.3, 0.4) is 0 Å². The van der Waals surface area contributed by atoms with Gasteiger partial charge in [0.2, 0.25) is 0 Å². The second kappa shape index (κ2) is 8.65. The van der Waals surface area contributed by atoms with Gasteiger partial charge in [-0.25, -0.2) is 0 Å². The van der Waals surface area contributed by atoms with Crippen LogP contribution in [-0.4, -0.2) is 6.21 Å². The molecule has 0 aliphatic carbocycles. The Morgan fingerprint density at radius 1 is 1.10 bits per heavy atom. The van der Waals surface area contributed by atoms with Gasteiger partial charge in [-0.2, -0.15) is 19.4 Å². The summed E-state index contributed by atoms with van der Waals surface area (Å²) in [5.74, 6) is 0. The van der Waals surface area contributed by atoms with E-state index in [1.807, 2.05) is 0 Å². The average molecular weight is 456 g/mol. The Labute approximate surface area is 134 Å². The molecule has 0 unspecified atom stereocenters. The Kier molecular flexibility index (Phi) is 7.55. The zero-order valence-electron chi connectivity index (χ0n) is 9.72. The summed E-state index contributed by atoms with van der Waals surface area (Å²) in [6.07, 6.45) is -1.53. The Balaban J connectivity index is 0.000000612. The first-order chi connectivity index (χ1) is 9.49. The first-order valence-corrected chi connectivity index (χ1v) is 9.97. The zero-order chi connectivity index (χ0) is 15.0. The van der Waals surface area contributed by atoms with Crippen LogP contribution in [0.2, 0.25) is 0 Å². The van der Waals surface area contributed by atoms with Crippen LogP contribution < -0.4 is 4.98 Å². The average Bonchev–Trinajstić information content (AvgIpc) is 2.90. The molecule has 0 bridgehead atoms. The molecule has 0 amide bonds. The summed E-state index contributed by atoms with van der Waals surface area (Å²) in [6.45, 7) is 0. The van der Waals surface area contributed by atoms with Crippen LogP contribution in [0, 0.1) is 0 Å². The quantitative estimate of drug-likeness (QED) is 0.457. The van der Waals surface area contributed by atoms with Crippen LogP contribution in [0.15, 0.2) is 47.6 Å². The van der Waals surface area contributed by atoms with Crippen LogP contribution in [0.4, 0.5) is 18.9 Å². The van der Waals surface area contributed by atoms with Gasteiger partial charge in [0.15, 0.2) is 0 Å². The van der Waals surface area contributed by atoms with Crippen molar-refractivity contribution in [1.82, 2.24) is 4.98 Å². The fourth-order valence-electron chi connectivity index (χ4n) is 1.35. The summed E-state index contributed by atoms with van der Waals surface area (Å²) in [6, 6.07) is 8.53. The van der Waals surface area contributed by atoms with E-state index in [-0.39, 0.29) is 5.69 Å². The second-order valence-corrected chi connectivity index (χ2v) is 8.36. The van der Waals surface area contributed by atoms with Crippen LogP contribution in [0.1, 0.15) is 11.3 Å². The van der Waals surface area contributed by atoms with Gasteiger partial charge in [-0.1, -0.05) is 24.3 Å². The van der Waals surface area contributed by atoms with E-state index in [0.29, 0.717) is 5.69 Å². The van der Waals surface area contributed by atoms with Gasteiger partial charge in [-0.15, -0.1) is 5.69 Å². The van der Waals surface area contributed by atoms with Crippen molar-refractivity contribution in [2.75, 3.05) is 0 Å². The molecule has 0 atom stereocenters. The number of alkyl halides is 3. The Morgan fingerprint density at radius 3 is 2.30 bits per heavy atom. The van der Waals surface area contributed by atoms with Crippen LogP contribution in [0.5, 0.6) is 0 Å². The maximum absolute atomic E-state index is 12.6. The van der Waals surface area contributed by atoms with E-state index < -0.39 is 11.7 Å². The molecule has 20 heavy (non-hydrogen) atoms. The van der Waals surface area contributed by atoms with Crippen molar-refractivity contribution < 1.29 is 24.1 Å². The van der Waals surface area contributed by atoms with Crippen molar-refractivity contribution in [3.8, 4) is 0 Å². The molecule has 0 aliphatic rings. The Morgan fingerprint density at radius 2 is 1.75 bits per heavy atom. The standard InChI is InChI=1S/C12H8F3N2.2BrH.Ni/c13-12(14,15)10-5-1-2-6-11(10)17-8-9-4-3-7-16-9;;;/h1-8H;2*1H;/q-1;;;+3/p-2. The van der Waals surface area contributed by atoms with E-state index in [0.717, 1.165) is 6.07 Å². The summed E-state index contributed by atoms with van der Waals surface area (Å²) in [7, 11) is 1.25. The molecule has 0 aliphatic heterocycles. The van der Waals surface area contributed by atoms with Gasteiger partial charge in [0.25, 0.3) is 0 Å². The van der Waals surface area contributed by atoms with Crippen molar-refractivity contribution in [1.29, 1.82) is 0 Å². The SMILES string of the molecule is FC(F)(F)c1ccccc1N=Cc1ccc[n-]1.[Br][Ni+][Br]. The van der Waals surface area contributed by atoms with Gasteiger partial charge in [0.1, 0.15) is 0 Å². The molecule has 1 aromatic heterocycles. The fourth-order valence-corrected chi connectivity index (χ4v) is 1.35. The molecule has 2 aromatic rings. The number of para-hydroxylation sites is 1. The molecule has 0 fully saturated rings. The molecule has 1 aromatic carbocycles. The summed E-state index contributed by atoms with van der Waals surface area (Å²) in [5.41, 5.74) is -0.326. The van der Waals surface area contributed by atoms with Crippen molar-refractivity contribution in [3.05, 3.63) is 53.9 Å². The third kappa shape index (κ3) is 5.81. The molecule has 1 heterocycles. The number of halogens is 5. The molecular weight excluding hydrogens is 448 g/mol. The third-order valence-electron chi connectivity index (χ3n) is 2.12. The monoisotopic (exact) mass is 453 g/mol. The third-order valence-corrected chi connectivity index (χ3v) is 2.12. The Hall–Kier alpha value is -0.586. The first kappa shape index (κ1) is 17.5. The molecule has 111 valence electrons. The van der Waals surface area contributed by atoms with Crippen molar-refractivity contribution in [2.45, 2.75) is 6.18 Å². The summed E-state index contributed by atoms with van der Waals surface area (Å²) < 4.78 is 37.9. The Bertz CT molecular complexity index is 542. The van der Waals surface area contributed by atoms with E-state index in [9.17, 15) is 13.2 Å². The minimum atomic E-state index is -4.40. The van der Waals surface area contributed by atoms with Crippen molar-refractivity contribution in [2.24, 2.45) is 4.99 Å². The molecule has 2 rings (SSSR count). The molecule has 8 heteroatoms. The van der Waals surface area contributed by atoms with Crippen LogP contribution in [-0.2, 0) is 17.1 Å². The molecule has 0 saturated carbocycles. The van der Waals surface area contributed by atoms with E-state index in [4.69, 9.17) is 0 Å². The minimum absolute atomic E-state index is 0.108. The van der Waals surface area contributed by atoms with Gasteiger partial charge >= 0.3 is 45.5 Å². The van der Waals surface area contributed by atoms with Gasteiger partial charge in [0, 0.05) is 6.21 Å². The molecule has 0 saturated heterocycles. The number of aliphatic imine (C=N–C) groups is 1. The van der Waals surface area contributed by atoms with Gasteiger partial charge < -0.3 is 4.98 Å². The number of rotatable bonds is 2. The number of aromatic nitrogens is 1. The van der Waals surface area contributed by atoms with Crippen molar-refractivity contribution in [3.63, 3.8) is 0 Å². The second-order valence-electron chi connectivity index (χ2n) is 3.38. The normalized spacial score (nSPS) is 11.4. The van der Waals surface area contributed by atoms with Crippen molar-refractivity contribution >= 4 is 40.4 Å². The topological polar surface area (TPSA) is 26.5 Å². The van der Waals surface area contributed by atoms with Crippen LogP contribution >= 0.6 is 28.5 Å². The molecular formula is C12H8Br2F3N2Ni. The first-order valence-electron chi connectivity index (χ1n) is 5.09. The van der Waals surface area contributed by atoms with Gasteiger partial charge in [0.05, 0.1) is 11.3 Å². The number of hydrogen-bond donors (Lipinski definition) is 0. The predicted molar refractivity (Wildman–Crippen MR) is 76.3 cm³/mol. The summed E-state index contributed by atoms with van der Waals surface area (Å²) >= 11 is 6.00. The fraction of sp³-hybridized carbons (Fsp3) is 0.0833. The van der Waals surface area contributed by atoms with E-state index in [1.165, 1.54) is 35.3 Å². The summed E-state index contributed by atoms with van der Waals surface area (Å²) in [5, 5.41) is 0. The molecule has 0 radical (unpaired) electrons. The number of nitrogens with zero attached hydrogens (tertiary/aromatic N) is 2. The summed E-state index contributed by atoms with van der Waals surface area (Å²) in [4.78, 5) is 7.70. The van der Waals surface area contributed by atoms with Crippen LogP contribution in [0.25, 0.3) is 0 Å². The maximum atomic E-state index is 12.6. The van der Waals surface area contributed by atoms with E-state index in [2.05, 4.69) is 38.4 Å². The van der Waals surface area contributed by atoms with E-state index >= 15 is 0 Å². The van der Waals surface area contributed by atoms with Gasteiger partial charge in [-0.3, -0.25) is 4.99 Å². The number of benzene rings is 1. The van der Waals surface area contributed by atoms with Gasteiger partial charge in [-0.05, 0) is 12.1 Å². The predicted octanol–water partition coefficient (Wildman–Crippen LogP) is 5.10. The zero-order valence-corrected chi connectivity index (χ0v) is 13.9.